The SMILES string of the molecule is CC(=O)OC1(c2ccccc2)N=NC2C(=O)N(C(C)(C)C)CC21. The Bertz CT molecular complexity index is 665. The Morgan fingerprint density at radius 2 is 1.96 bits per heavy atom. The molecular weight excluding hydrogens is 294 g/mol. The van der Waals surface area contributed by atoms with Crippen LogP contribution in [-0.2, 0) is 20.1 Å². The number of esters is 1. The molecule has 1 aromatic rings. The van der Waals surface area contributed by atoms with E-state index in [2.05, 4.69) is 10.2 Å². The van der Waals surface area contributed by atoms with Crippen LogP contribution in [0.15, 0.2) is 40.6 Å². The Balaban J connectivity index is 2.05. The molecule has 1 aromatic carbocycles. The van der Waals surface area contributed by atoms with E-state index in [1.807, 2.05) is 51.1 Å². The van der Waals surface area contributed by atoms with Gasteiger partial charge in [0.25, 0.3) is 5.72 Å². The molecule has 3 rings (SSSR count). The summed E-state index contributed by atoms with van der Waals surface area (Å²) in [6, 6.07) is 8.73. The maximum atomic E-state index is 12.7. The molecule has 2 aliphatic heterocycles. The zero-order valence-electron chi connectivity index (χ0n) is 13.8. The van der Waals surface area contributed by atoms with Crippen LogP contribution in [0.3, 0.4) is 0 Å². The fraction of sp³-hybridized carbons (Fsp3) is 0.529. The molecule has 0 N–H and O–H groups in total. The van der Waals surface area contributed by atoms with Gasteiger partial charge in [0.1, 0.15) is 0 Å². The zero-order valence-corrected chi connectivity index (χ0v) is 13.8. The number of benzene rings is 1. The second-order valence-corrected chi connectivity index (χ2v) is 7.04. The molecule has 1 saturated heterocycles. The number of likely N-dealkylation sites (tertiary alicyclic amines) is 1. The Hall–Kier alpha value is -2.24. The predicted octanol–water partition coefficient (Wildman–Crippen LogP) is 2.49. The van der Waals surface area contributed by atoms with Crippen molar-refractivity contribution in [3.05, 3.63) is 35.9 Å². The molecule has 0 bridgehead atoms. The summed E-state index contributed by atoms with van der Waals surface area (Å²) in [5.74, 6) is -0.799. The van der Waals surface area contributed by atoms with Crippen molar-refractivity contribution >= 4 is 11.9 Å². The largest absolute Gasteiger partial charge is 0.431 e. The summed E-state index contributed by atoms with van der Waals surface area (Å²) in [4.78, 5) is 26.2. The molecule has 0 saturated carbocycles. The molecule has 122 valence electrons. The molecule has 0 aliphatic carbocycles. The van der Waals surface area contributed by atoms with Gasteiger partial charge in [-0.05, 0) is 20.8 Å². The summed E-state index contributed by atoms with van der Waals surface area (Å²) in [5.41, 5.74) is -0.779. The minimum atomic E-state index is -1.21. The van der Waals surface area contributed by atoms with Crippen molar-refractivity contribution in [2.24, 2.45) is 16.1 Å². The Morgan fingerprint density at radius 3 is 2.52 bits per heavy atom. The first-order valence-electron chi connectivity index (χ1n) is 7.74. The topological polar surface area (TPSA) is 71.3 Å². The summed E-state index contributed by atoms with van der Waals surface area (Å²) in [6.07, 6.45) is 0. The van der Waals surface area contributed by atoms with Gasteiger partial charge in [-0.3, -0.25) is 9.59 Å². The number of hydrogen-bond donors (Lipinski definition) is 0. The van der Waals surface area contributed by atoms with Crippen LogP contribution in [-0.4, -0.2) is 34.9 Å². The van der Waals surface area contributed by atoms with Crippen molar-refractivity contribution < 1.29 is 14.3 Å². The van der Waals surface area contributed by atoms with Crippen LogP contribution in [0.5, 0.6) is 0 Å². The van der Waals surface area contributed by atoms with E-state index in [9.17, 15) is 9.59 Å². The normalized spacial score (nSPS) is 29.7. The highest BCUT2D eigenvalue weighted by atomic mass is 16.6. The fourth-order valence-corrected chi connectivity index (χ4v) is 3.34. The second kappa shape index (κ2) is 5.15. The lowest BCUT2D eigenvalue weighted by atomic mass is 9.87. The molecule has 0 spiro atoms. The van der Waals surface area contributed by atoms with Crippen molar-refractivity contribution in [3.63, 3.8) is 0 Å². The second-order valence-electron chi connectivity index (χ2n) is 7.04. The van der Waals surface area contributed by atoms with Gasteiger partial charge in [-0.15, -0.1) is 5.11 Å². The first kappa shape index (κ1) is 15.6. The maximum absolute atomic E-state index is 12.7. The van der Waals surface area contributed by atoms with Gasteiger partial charge in [0.15, 0.2) is 6.04 Å². The van der Waals surface area contributed by atoms with Gasteiger partial charge >= 0.3 is 5.97 Å². The lowest BCUT2D eigenvalue weighted by molar-refractivity contribution is -0.162. The lowest BCUT2D eigenvalue weighted by Gasteiger charge is -2.35. The van der Waals surface area contributed by atoms with Crippen LogP contribution in [0.2, 0.25) is 0 Å². The average molecular weight is 315 g/mol. The van der Waals surface area contributed by atoms with Gasteiger partial charge in [0, 0.05) is 24.6 Å². The van der Waals surface area contributed by atoms with Gasteiger partial charge in [0.2, 0.25) is 5.91 Å². The third kappa shape index (κ3) is 2.42. The number of hydrogen-bond acceptors (Lipinski definition) is 5. The monoisotopic (exact) mass is 315 g/mol. The molecule has 0 aromatic heterocycles. The first-order valence-corrected chi connectivity index (χ1v) is 7.74. The smallest absolute Gasteiger partial charge is 0.305 e. The van der Waals surface area contributed by atoms with Crippen molar-refractivity contribution in [1.29, 1.82) is 0 Å². The van der Waals surface area contributed by atoms with Crippen LogP contribution in [0.4, 0.5) is 0 Å². The van der Waals surface area contributed by atoms with E-state index in [1.165, 1.54) is 6.92 Å². The first-order chi connectivity index (χ1) is 10.8. The van der Waals surface area contributed by atoms with Gasteiger partial charge in [-0.1, -0.05) is 30.3 Å². The minimum absolute atomic E-state index is 0.0591. The van der Waals surface area contributed by atoms with Gasteiger partial charge < -0.3 is 9.64 Å². The summed E-state index contributed by atoms with van der Waals surface area (Å²) < 4.78 is 5.63. The number of azo groups is 1. The summed E-state index contributed by atoms with van der Waals surface area (Å²) >= 11 is 0. The molecular formula is C17H21N3O3. The van der Waals surface area contributed by atoms with Crippen molar-refractivity contribution in [1.82, 2.24) is 4.90 Å². The standard InChI is InChI=1S/C17H21N3O3/c1-11(21)23-17(12-8-6-5-7-9-12)13-10-20(16(2,3)4)15(22)14(13)18-19-17/h5-9,13-14H,10H2,1-4H3. The van der Waals surface area contributed by atoms with Crippen LogP contribution >= 0.6 is 0 Å². The Labute approximate surface area is 135 Å². The molecule has 6 nitrogen and oxygen atoms in total. The summed E-state index contributed by atoms with van der Waals surface area (Å²) in [7, 11) is 0. The number of nitrogens with zero attached hydrogens (tertiary/aromatic N) is 3. The third-order valence-corrected chi connectivity index (χ3v) is 4.41. The van der Waals surface area contributed by atoms with Crippen molar-refractivity contribution in [2.75, 3.05) is 6.54 Å². The van der Waals surface area contributed by atoms with Gasteiger partial charge in [0.05, 0.1) is 5.92 Å². The van der Waals surface area contributed by atoms with E-state index in [0.29, 0.717) is 6.54 Å². The molecule has 23 heavy (non-hydrogen) atoms. The summed E-state index contributed by atoms with van der Waals surface area (Å²) in [6.45, 7) is 7.77. The highest BCUT2D eigenvalue weighted by molar-refractivity contribution is 5.86. The number of amides is 1. The Kier molecular flexibility index (Phi) is 3.50. The molecule has 2 aliphatic rings. The van der Waals surface area contributed by atoms with Crippen LogP contribution in [0.25, 0.3) is 0 Å². The van der Waals surface area contributed by atoms with Gasteiger partial charge in [-0.2, -0.15) is 5.11 Å². The maximum Gasteiger partial charge on any atom is 0.305 e. The van der Waals surface area contributed by atoms with Crippen molar-refractivity contribution in [2.45, 2.75) is 45.0 Å². The molecule has 1 amide bonds. The molecule has 2 heterocycles. The quantitative estimate of drug-likeness (QED) is 0.787. The number of ether oxygens (including phenoxy) is 1. The van der Waals surface area contributed by atoms with E-state index in [0.717, 1.165) is 5.56 Å². The van der Waals surface area contributed by atoms with Crippen LogP contribution in [0.1, 0.15) is 33.3 Å². The molecule has 3 unspecified atom stereocenters. The number of carbonyl (C=O) groups is 2. The molecule has 6 heteroatoms. The molecule has 0 radical (unpaired) electrons. The number of fused-ring (bicyclic) bond motifs is 1. The van der Waals surface area contributed by atoms with E-state index < -0.39 is 17.7 Å². The van der Waals surface area contributed by atoms with E-state index in [4.69, 9.17) is 4.74 Å². The average Bonchev–Trinajstić information content (AvgIpc) is 2.99. The minimum Gasteiger partial charge on any atom is -0.431 e. The fourth-order valence-electron chi connectivity index (χ4n) is 3.34. The lowest BCUT2D eigenvalue weighted by Crippen LogP contribution is -2.44. The molecule has 1 fully saturated rings. The molecule has 3 atom stereocenters. The highest BCUT2D eigenvalue weighted by Gasteiger charge is 2.61. The Morgan fingerprint density at radius 1 is 1.30 bits per heavy atom. The third-order valence-electron chi connectivity index (χ3n) is 4.41. The van der Waals surface area contributed by atoms with Crippen LogP contribution < -0.4 is 0 Å². The number of rotatable bonds is 2. The van der Waals surface area contributed by atoms with E-state index in [1.54, 1.807) is 4.90 Å². The van der Waals surface area contributed by atoms with E-state index in [-0.39, 0.29) is 17.4 Å². The van der Waals surface area contributed by atoms with Crippen LogP contribution in [0, 0.1) is 5.92 Å². The highest BCUT2D eigenvalue weighted by Crippen LogP contribution is 2.48. The zero-order chi connectivity index (χ0) is 16.8. The summed E-state index contributed by atoms with van der Waals surface area (Å²) in [5, 5.41) is 8.45. The predicted molar refractivity (Wildman–Crippen MR) is 83.5 cm³/mol. The van der Waals surface area contributed by atoms with Gasteiger partial charge in [-0.25, -0.2) is 0 Å². The number of carbonyl (C=O) groups excluding carboxylic acids is 2. The van der Waals surface area contributed by atoms with Crippen molar-refractivity contribution in [3.8, 4) is 0 Å². The van der Waals surface area contributed by atoms with E-state index >= 15 is 0 Å².